The number of hydrogen-bond donors (Lipinski definition) is 0. The van der Waals surface area contributed by atoms with Crippen LogP contribution in [0.3, 0.4) is 0 Å². The van der Waals surface area contributed by atoms with Crippen molar-refractivity contribution in [3.63, 3.8) is 0 Å². The smallest absolute Gasteiger partial charge is 0.164 e. The van der Waals surface area contributed by atoms with Crippen LogP contribution < -0.4 is 0 Å². The molecule has 0 fully saturated rings. The zero-order chi connectivity index (χ0) is 13.3. The fourth-order valence-electron chi connectivity index (χ4n) is 2.08. The van der Waals surface area contributed by atoms with Crippen molar-refractivity contribution in [2.24, 2.45) is 0 Å². The Morgan fingerprint density at radius 1 is 1.22 bits per heavy atom. The minimum absolute atomic E-state index is 0.0905. The Kier molecular flexibility index (Phi) is 3.44. The molecule has 0 N–H and O–H groups in total. The zero-order valence-electron chi connectivity index (χ0n) is 11.2. The summed E-state index contributed by atoms with van der Waals surface area (Å²) in [6.07, 6.45) is 0. The number of halogens is 1. The highest BCUT2D eigenvalue weighted by Crippen LogP contribution is 2.27. The van der Waals surface area contributed by atoms with Crippen LogP contribution in [0.25, 0.3) is 11.4 Å². The second-order valence-corrected chi connectivity index (χ2v) is 5.72. The van der Waals surface area contributed by atoms with Crippen LogP contribution in [0.4, 0.5) is 0 Å². The van der Waals surface area contributed by atoms with Crippen molar-refractivity contribution in [1.82, 2.24) is 14.8 Å². The van der Waals surface area contributed by atoms with Crippen molar-refractivity contribution in [2.45, 2.75) is 39.1 Å². The lowest BCUT2D eigenvalue weighted by Crippen LogP contribution is -2.24. The number of hydrogen-bond acceptors (Lipinski definition) is 2. The minimum Gasteiger partial charge on any atom is -0.305 e. The fraction of sp³-hybridized carbons (Fsp3) is 0.429. The minimum atomic E-state index is -0.0905. The summed E-state index contributed by atoms with van der Waals surface area (Å²) < 4.78 is 2.11. The highest BCUT2D eigenvalue weighted by Gasteiger charge is 2.23. The molecule has 0 radical (unpaired) electrons. The number of alkyl halides is 1. The maximum absolute atomic E-state index is 5.95. The number of benzene rings is 1. The van der Waals surface area contributed by atoms with Gasteiger partial charge in [0, 0.05) is 11.1 Å². The first-order chi connectivity index (χ1) is 8.43. The molecule has 0 amide bonds. The lowest BCUT2D eigenvalue weighted by molar-refractivity contribution is 0.390. The molecule has 1 aromatic carbocycles. The molecule has 1 heterocycles. The quantitative estimate of drug-likeness (QED) is 0.773. The second kappa shape index (κ2) is 4.73. The van der Waals surface area contributed by atoms with Crippen LogP contribution in [0, 0.1) is 6.92 Å². The van der Waals surface area contributed by atoms with E-state index in [-0.39, 0.29) is 5.54 Å². The largest absolute Gasteiger partial charge is 0.305 e. The maximum Gasteiger partial charge on any atom is 0.164 e. The molecule has 1 aromatic heterocycles. The summed E-state index contributed by atoms with van der Waals surface area (Å²) in [6.45, 7) is 8.47. The molecule has 0 bridgehead atoms. The van der Waals surface area contributed by atoms with Gasteiger partial charge in [-0.05, 0) is 33.8 Å². The molecule has 0 atom stereocenters. The standard InChI is InChI=1S/C14H18ClN3/c1-10-6-5-7-11(8-10)13-17-16-12(9-15)18(13)14(2,3)4/h5-8H,9H2,1-4H3. The summed E-state index contributed by atoms with van der Waals surface area (Å²) in [6, 6.07) is 8.28. The molecule has 18 heavy (non-hydrogen) atoms. The molecule has 2 rings (SSSR count). The molecule has 0 aliphatic heterocycles. The Balaban J connectivity index is 2.62. The van der Waals surface area contributed by atoms with Gasteiger partial charge in [-0.1, -0.05) is 23.8 Å². The van der Waals surface area contributed by atoms with Crippen molar-refractivity contribution in [3.05, 3.63) is 35.7 Å². The van der Waals surface area contributed by atoms with Crippen LogP contribution in [-0.4, -0.2) is 14.8 Å². The van der Waals surface area contributed by atoms with E-state index in [1.165, 1.54) is 5.56 Å². The molecule has 0 saturated carbocycles. The van der Waals surface area contributed by atoms with Crippen LogP contribution >= 0.6 is 11.6 Å². The first-order valence-corrected chi connectivity index (χ1v) is 6.54. The maximum atomic E-state index is 5.95. The summed E-state index contributed by atoms with van der Waals surface area (Å²) in [5, 5.41) is 8.48. The molecule has 0 saturated heterocycles. The van der Waals surface area contributed by atoms with Crippen LogP contribution in [0.2, 0.25) is 0 Å². The van der Waals surface area contributed by atoms with Crippen LogP contribution in [0.15, 0.2) is 24.3 Å². The Morgan fingerprint density at radius 2 is 1.94 bits per heavy atom. The molecule has 2 aromatic rings. The van der Waals surface area contributed by atoms with E-state index in [2.05, 4.69) is 60.7 Å². The van der Waals surface area contributed by atoms with Gasteiger partial charge in [0.05, 0.1) is 5.88 Å². The van der Waals surface area contributed by atoms with Crippen molar-refractivity contribution in [3.8, 4) is 11.4 Å². The Bertz CT molecular complexity index is 552. The highest BCUT2D eigenvalue weighted by atomic mass is 35.5. The summed E-state index contributed by atoms with van der Waals surface area (Å²) in [7, 11) is 0. The van der Waals surface area contributed by atoms with Gasteiger partial charge in [0.25, 0.3) is 0 Å². The predicted octanol–water partition coefficient (Wildman–Crippen LogP) is 3.75. The molecule has 3 nitrogen and oxygen atoms in total. The Morgan fingerprint density at radius 3 is 2.50 bits per heavy atom. The molecule has 0 spiro atoms. The normalized spacial score (nSPS) is 11.8. The number of aryl methyl sites for hydroxylation is 1. The molecule has 96 valence electrons. The molecule has 0 aliphatic carbocycles. The van der Waals surface area contributed by atoms with Crippen molar-refractivity contribution in [2.75, 3.05) is 0 Å². The first kappa shape index (κ1) is 13.1. The van der Waals surface area contributed by atoms with E-state index in [1.54, 1.807) is 0 Å². The zero-order valence-corrected chi connectivity index (χ0v) is 12.0. The Labute approximate surface area is 113 Å². The molecular formula is C14H18ClN3. The SMILES string of the molecule is Cc1cccc(-c2nnc(CCl)n2C(C)(C)C)c1. The van der Waals surface area contributed by atoms with Crippen molar-refractivity contribution >= 4 is 11.6 Å². The summed E-state index contributed by atoms with van der Waals surface area (Å²) in [4.78, 5) is 0. The molecule has 0 unspecified atom stereocenters. The molecule has 0 aliphatic rings. The third-order valence-corrected chi connectivity index (χ3v) is 3.04. The van der Waals surface area contributed by atoms with Gasteiger partial charge in [-0.15, -0.1) is 21.8 Å². The van der Waals surface area contributed by atoms with E-state index in [4.69, 9.17) is 11.6 Å². The third-order valence-electron chi connectivity index (χ3n) is 2.80. The van der Waals surface area contributed by atoms with E-state index in [1.807, 2.05) is 6.07 Å². The van der Waals surface area contributed by atoms with Crippen LogP contribution in [0.1, 0.15) is 32.2 Å². The molecular weight excluding hydrogens is 246 g/mol. The predicted molar refractivity (Wildman–Crippen MR) is 74.7 cm³/mol. The average molecular weight is 264 g/mol. The van der Waals surface area contributed by atoms with Crippen molar-refractivity contribution < 1.29 is 0 Å². The van der Waals surface area contributed by atoms with Gasteiger partial charge < -0.3 is 4.57 Å². The average Bonchev–Trinajstić information content (AvgIpc) is 2.72. The molecule has 4 heteroatoms. The summed E-state index contributed by atoms with van der Waals surface area (Å²) >= 11 is 5.95. The van der Waals surface area contributed by atoms with Crippen molar-refractivity contribution in [1.29, 1.82) is 0 Å². The van der Waals surface area contributed by atoms with Gasteiger partial charge in [-0.3, -0.25) is 0 Å². The van der Waals surface area contributed by atoms with E-state index in [0.29, 0.717) is 5.88 Å². The van der Waals surface area contributed by atoms with Gasteiger partial charge in [0.2, 0.25) is 0 Å². The second-order valence-electron chi connectivity index (χ2n) is 5.45. The van der Waals surface area contributed by atoms with Crippen LogP contribution in [-0.2, 0) is 11.4 Å². The fourth-order valence-corrected chi connectivity index (χ4v) is 2.25. The third kappa shape index (κ3) is 2.41. The van der Waals surface area contributed by atoms with E-state index >= 15 is 0 Å². The van der Waals surface area contributed by atoms with E-state index in [9.17, 15) is 0 Å². The van der Waals surface area contributed by atoms with Gasteiger partial charge >= 0.3 is 0 Å². The van der Waals surface area contributed by atoms with Gasteiger partial charge in [-0.25, -0.2) is 0 Å². The summed E-state index contributed by atoms with van der Waals surface area (Å²) in [5.41, 5.74) is 2.20. The summed E-state index contributed by atoms with van der Waals surface area (Å²) in [5.74, 6) is 2.05. The van der Waals surface area contributed by atoms with Crippen LogP contribution in [0.5, 0.6) is 0 Å². The number of aromatic nitrogens is 3. The lowest BCUT2D eigenvalue weighted by atomic mass is 10.1. The lowest BCUT2D eigenvalue weighted by Gasteiger charge is -2.24. The van der Waals surface area contributed by atoms with Gasteiger partial charge in [-0.2, -0.15) is 0 Å². The highest BCUT2D eigenvalue weighted by molar-refractivity contribution is 6.16. The van der Waals surface area contributed by atoms with E-state index < -0.39 is 0 Å². The first-order valence-electron chi connectivity index (χ1n) is 6.01. The van der Waals surface area contributed by atoms with E-state index in [0.717, 1.165) is 17.2 Å². The number of nitrogens with zero attached hydrogens (tertiary/aromatic N) is 3. The number of rotatable bonds is 2. The monoisotopic (exact) mass is 263 g/mol. The topological polar surface area (TPSA) is 30.7 Å². The van der Waals surface area contributed by atoms with Gasteiger partial charge in [0.15, 0.2) is 5.82 Å². The van der Waals surface area contributed by atoms with Gasteiger partial charge in [0.1, 0.15) is 5.82 Å². The Hall–Kier alpha value is -1.35.